The molecular formula is C9H5N3O2S3. The van der Waals surface area contributed by atoms with E-state index in [9.17, 15) is 9.59 Å². The van der Waals surface area contributed by atoms with Crippen LogP contribution < -0.4 is 11.3 Å². The quantitative estimate of drug-likeness (QED) is 0.667. The number of hydrogen-bond acceptors (Lipinski definition) is 5. The van der Waals surface area contributed by atoms with E-state index in [4.69, 9.17) is 18.0 Å². The normalized spacial score (nSPS) is 11.3. The highest BCUT2D eigenvalue weighted by Gasteiger charge is 2.15. The van der Waals surface area contributed by atoms with Crippen molar-refractivity contribution >= 4 is 56.7 Å². The van der Waals surface area contributed by atoms with E-state index in [-0.39, 0.29) is 10.4 Å². The lowest BCUT2D eigenvalue weighted by Crippen LogP contribution is -2.13. The zero-order valence-electron chi connectivity index (χ0n) is 8.22. The van der Waals surface area contributed by atoms with Crippen molar-refractivity contribution in [1.82, 2.24) is 9.38 Å². The molecule has 0 bridgehead atoms. The number of thiophene rings is 1. The van der Waals surface area contributed by atoms with Gasteiger partial charge in [0.25, 0.3) is 11.5 Å². The first-order chi connectivity index (χ1) is 8.09. The summed E-state index contributed by atoms with van der Waals surface area (Å²) in [6, 6.07) is 1.80. The lowest BCUT2D eigenvalue weighted by molar-refractivity contribution is 0.100. The van der Waals surface area contributed by atoms with Crippen molar-refractivity contribution in [3.8, 4) is 0 Å². The Bertz CT molecular complexity index is 867. The maximum atomic E-state index is 11.8. The van der Waals surface area contributed by atoms with Gasteiger partial charge in [-0.05, 0) is 23.7 Å². The van der Waals surface area contributed by atoms with Gasteiger partial charge < -0.3 is 10.7 Å². The van der Waals surface area contributed by atoms with Gasteiger partial charge >= 0.3 is 0 Å². The molecule has 8 heteroatoms. The van der Waals surface area contributed by atoms with Crippen LogP contribution in [0.15, 0.2) is 16.2 Å². The number of carbonyl (C=O) groups is 1. The second kappa shape index (κ2) is 3.49. The van der Waals surface area contributed by atoms with Crippen LogP contribution in [0.5, 0.6) is 0 Å². The van der Waals surface area contributed by atoms with E-state index < -0.39 is 5.91 Å². The van der Waals surface area contributed by atoms with Gasteiger partial charge in [0.05, 0.1) is 5.52 Å². The minimum atomic E-state index is -0.589. The summed E-state index contributed by atoms with van der Waals surface area (Å²) in [7, 11) is 0. The first-order valence-electron chi connectivity index (χ1n) is 4.54. The molecule has 3 aromatic rings. The number of nitrogens with one attached hydrogen (secondary N) is 1. The Morgan fingerprint density at radius 1 is 1.53 bits per heavy atom. The van der Waals surface area contributed by atoms with Crippen molar-refractivity contribution in [3.63, 3.8) is 0 Å². The molecule has 1 amide bonds. The summed E-state index contributed by atoms with van der Waals surface area (Å²) in [5, 5.41) is 1.81. The fraction of sp³-hybridized carbons (Fsp3) is 0. The van der Waals surface area contributed by atoms with E-state index in [0.717, 1.165) is 11.3 Å². The maximum absolute atomic E-state index is 11.8. The smallest absolute Gasteiger partial charge is 0.269 e. The number of thiazole rings is 1. The molecule has 5 nitrogen and oxygen atoms in total. The number of rotatable bonds is 1. The highest BCUT2D eigenvalue weighted by molar-refractivity contribution is 7.73. The van der Waals surface area contributed by atoms with Crippen LogP contribution in [0.1, 0.15) is 9.67 Å². The summed E-state index contributed by atoms with van der Waals surface area (Å²) < 4.78 is 2.75. The van der Waals surface area contributed by atoms with Crippen molar-refractivity contribution in [2.45, 2.75) is 0 Å². The molecule has 3 aromatic heterocycles. The molecule has 17 heavy (non-hydrogen) atoms. The zero-order chi connectivity index (χ0) is 12.2. The first-order valence-corrected chi connectivity index (χ1v) is 6.65. The Morgan fingerprint density at radius 3 is 3.00 bits per heavy atom. The van der Waals surface area contributed by atoms with Gasteiger partial charge in [0, 0.05) is 0 Å². The van der Waals surface area contributed by atoms with Crippen molar-refractivity contribution in [1.29, 1.82) is 0 Å². The maximum Gasteiger partial charge on any atom is 0.269 e. The molecule has 86 valence electrons. The predicted octanol–water partition coefficient (Wildman–Crippen LogP) is 1.73. The Labute approximate surface area is 107 Å². The third-order valence-corrected chi connectivity index (χ3v) is 4.65. The molecule has 3 heterocycles. The Kier molecular flexibility index (Phi) is 2.18. The predicted molar refractivity (Wildman–Crippen MR) is 70.6 cm³/mol. The number of aromatic nitrogens is 2. The molecule has 0 atom stereocenters. The average molecular weight is 283 g/mol. The molecule has 0 aliphatic heterocycles. The summed E-state index contributed by atoms with van der Waals surface area (Å²) in [4.78, 5) is 26.0. The number of hydrogen-bond donors (Lipinski definition) is 2. The van der Waals surface area contributed by atoms with Crippen LogP contribution in [0, 0.1) is 3.95 Å². The number of carbonyl (C=O) groups excluding carboxylic acids is 1. The van der Waals surface area contributed by atoms with Gasteiger partial charge in [0.15, 0.2) is 3.95 Å². The number of aromatic amines is 1. The molecule has 0 saturated heterocycles. The molecule has 0 aliphatic rings. The summed E-state index contributed by atoms with van der Waals surface area (Å²) in [6.07, 6.45) is 0. The topological polar surface area (TPSA) is 80.4 Å². The molecule has 0 spiro atoms. The van der Waals surface area contributed by atoms with Gasteiger partial charge in [0.2, 0.25) is 0 Å². The number of amides is 1. The lowest BCUT2D eigenvalue weighted by Gasteiger charge is -1.97. The average Bonchev–Trinajstić information content (AvgIpc) is 2.83. The fourth-order valence-electron chi connectivity index (χ4n) is 1.69. The Hall–Kier alpha value is -1.51. The van der Waals surface area contributed by atoms with Gasteiger partial charge in [-0.25, -0.2) is 0 Å². The monoisotopic (exact) mass is 283 g/mol. The van der Waals surface area contributed by atoms with Crippen LogP contribution >= 0.6 is 34.9 Å². The number of primary amides is 1. The van der Waals surface area contributed by atoms with Gasteiger partial charge in [-0.15, -0.1) is 11.3 Å². The molecule has 0 aromatic carbocycles. The molecule has 0 saturated carbocycles. The summed E-state index contributed by atoms with van der Waals surface area (Å²) in [5.74, 6) is -0.589. The van der Waals surface area contributed by atoms with Gasteiger partial charge in [-0.2, -0.15) is 0 Å². The SMILES string of the molecule is NC(=O)c1sc(=S)n2c1[nH]c(=O)c1sccc12. The van der Waals surface area contributed by atoms with Crippen molar-refractivity contribution in [3.05, 3.63) is 30.6 Å². The van der Waals surface area contributed by atoms with Crippen LogP contribution in [0.25, 0.3) is 15.9 Å². The number of nitrogens with two attached hydrogens (primary N) is 1. The van der Waals surface area contributed by atoms with Crippen molar-refractivity contribution in [2.24, 2.45) is 5.73 Å². The standard InChI is InChI=1S/C9H5N3O2S3/c10-6(13)5-7-11-8(14)4-3(1-2-16-4)12(7)9(15)17-5/h1-2H,(H2,10,13)(H,11,14). The largest absolute Gasteiger partial charge is 0.365 e. The van der Waals surface area contributed by atoms with Crippen LogP contribution in [-0.4, -0.2) is 15.3 Å². The Balaban J connectivity index is 2.70. The van der Waals surface area contributed by atoms with E-state index in [1.165, 1.54) is 11.3 Å². The van der Waals surface area contributed by atoms with E-state index in [0.29, 0.717) is 19.8 Å². The van der Waals surface area contributed by atoms with Gasteiger partial charge in [-0.3, -0.25) is 14.0 Å². The Morgan fingerprint density at radius 2 is 2.29 bits per heavy atom. The molecule has 0 unspecified atom stereocenters. The van der Waals surface area contributed by atoms with Gasteiger partial charge in [0.1, 0.15) is 15.2 Å². The third-order valence-electron chi connectivity index (χ3n) is 2.36. The molecular weight excluding hydrogens is 278 g/mol. The fourth-order valence-corrected chi connectivity index (χ4v) is 3.69. The highest BCUT2D eigenvalue weighted by atomic mass is 32.1. The number of fused-ring (bicyclic) bond motifs is 3. The van der Waals surface area contributed by atoms with Crippen LogP contribution in [0.4, 0.5) is 0 Å². The van der Waals surface area contributed by atoms with E-state index in [1.54, 1.807) is 10.5 Å². The molecule has 0 fully saturated rings. The minimum Gasteiger partial charge on any atom is -0.365 e. The minimum absolute atomic E-state index is 0.231. The molecule has 0 aliphatic carbocycles. The van der Waals surface area contributed by atoms with Crippen LogP contribution in [0.3, 0.4) is 0 Å². The van der Waals surface area contributed by atoms with E-state index in [1.807, 2.05) is 5.38 Å². The third kappa shape index (κ3) is 1.38. The van der Waals surface area contributed by atoms with Crippen molar-refractivity contribution in [2.75, 3.05) is 0 Å². The highest BCUT2D eigenvalue weighted by Crippen LogP contribution is 2.24. The second-order valence-corrected chi connectivity index (χ2v) is 5.89. The van der Waals surface area contributed by atoms with Gasteiger partial charge in [-0.1, -0.05) is 11.3 Å². The lowest BCUT2D eigenvalue weighted by atomic mass is 10.4. The number of nitrogens with zero attached hydrogens (tertiary/aromatic N) is 1. The molecule has 3 rings (SSSR count). The molecule has 3 N–H and O–H groups in total. The second-order valence-electron chi connectivity index (χ2n) is 3.33. The zero-order valence-corrected chi connectivity index (χ0v) is 10.7. The summed E-state index contributed by atoms with van der Waals surface area (Å²) in [5.41, 5.74) is 6.11. The van der Waals surface area contributed by atoms with Crippen LogP contribution in [0.2, 0.25) is 0 Å². The first kappa shape index (κ1) is 10.6. The van der Waals surface area contributed by atoms with Crippen molar-refractivity contribution < 1.29 is 4.79 Å². The van der Waals surface area contributed by atoms with Crippen LogP contribution in [-0.2, 0) is 0 Å². The summed E-state index contributed by atoms with van der Waals surface area (Å²) >= 11 is 7.62. The summed E-state index contributed by atoms with van der Waals surface area (Å²) in [6.45, 7) is 0. The molecule has 0 radical (unpaired) electrons. The number of H-pyrrole nitrogens is 1. The van der Waals surface area contributed by atoms with E-state index >= 15 is 0 Å². The van der Waals surface area contributed by atoms with E-state index in [2.05, 4.69) is 4.98 Å².